The molecule has 3 aromatic rings. The maximum Gasteiger partial charge on any atom is 0.0958 e. The molecule has 27 heavy (non-hydrogen) atoms. The highest BCUT2D eigenvalue weighted by Crippen LogP contribution is 2.52. The van der Waals surface area contributed by atoms with Crippen molar-refractivity contribution in [2.45, 2.75) is 31.0 Å². The summed E-state index contributed by atoms with van der Waals surface area (Å²) in [4.78, 5) is 2.44. The van der Waals surface area contributed by atoms with Crippen molar-refractivity contribution in [2.24, 2.45) is 5.92 Å². The maximum atomic E-state index is 12.0. The Morgan fingerprint density at radius 1 is 0.778 bits per heavy atom. The molecule has 3 aromatic carbocycles. The summed E-state index contributed by atoms with van der Waals surface area (Å²) in [5, 5.41) is 12.0. The minimum absolute atomic E-state index is 0.0623. The first kappa shape index (κ1) is 18.0. The second kappa shape index (κ2) is 7.30. The number of rotatable bonds is 3. The molecule has 1 heterocycles. The minimum Gasteiger partial charge on any atom is -0.385 e. The van der Waals surface area contributed by atoms with Gasteiger partial charge in [0.15, 0.2) is 0 Å². The van der Waals surface area contributed by atoms with Crippen molar-refractivity contribution in [1.82, 2.24) is 4.90 Å². The molecule has 0 saturated carbocycles. The van der Waals surface area contributed by atoms with Crippen molar-refractivity contribution in [1.29, 1.82) is 0 Å². The van der Waals surface area contributed by atoms with Crippen molar-refractivity contribution in [3.05, 3.63) is 108 Å². The number of benzene rings is 3. The van der Waals surface area contributed by atoms with E-state index in [1.54, 1.807) is 0 Å². The first-order chi connectivity index (χ1) is 13.1. The first-order valence-corrected chi connectivity index (χ1v) is 9.71. The molecule has 1 aliphatic heterocycles. The van der Waals surface area contributed by atoms with E-state index in [9.17, 15) is 5.11 Å². The molecule has 4 atom stereocenters. The van der Waals surface area contributed by atoms with E-state index in [4.69, 9.17) is 0 Å². The van der Waals surface area contributed by atoms with Crippen LogP contribution in [0.1, 0.15) is 42.1 Å². The van der Waals surface area contributed by atoms with E-state index in [1.165, 1.54) is 11.1 Å². The number of piperidine rings is 1. The average molecular weight is 357 g/mol. The third-order valence-electron chi connectivity index (χ3n) is 6.26. The van der Waals surface area contributed by atoms with Crippen LogP contribution in [0.2, 0.25) is 0 Å². The molecule has 1 saturated heterocycles. The normalized spacial score (nSPS) is 28.8. The summed E-state index contributed by atoms with van der Waals surface area (Å²) in [5.74, 6) is 0.0623. The standard InChI is InChI=1S/C25H27NO/c1-19-24(21-14-8-4-9-15-21)26(2)23(20-12-6-3-7-13-20)18-25(19,27)22-16-10-5-11-17-22/h3-17,19,23-24,27H,18H2,1-2H3/t19-,23-,24-,25-/m1/s1. The third kappa shape index (κ3) is 3.20. The molecule has 2 nitrogen and oxygen atoms in total. The van der Waals surface area contributed by atoms with Crippen LogP contribution in [0, 0.1) is 5.92 Å². The second-order valence-corrected chi connectivity index (χ2v) is 7.73. The van der Waals surface area contributed by atoms with Crippen LogP contribution in [0.25, 0.3) is 0 Å². The van der Waals surface area contributed by atoms with Crippen LogP contribution in [0.3, 0.4) is 0 Å². The van der Waals surface area contributed by atoms with E-state index in [0.29, 0.717) is 6.42 Å². The smallest absolute Gasteiger partial charge is 0.0958 e. The van der Waals surface area contributed by atoms with Crippen LogP contribution >= 0.6 is 0 Å². The number of likely N-dealkylation sites (tertiary alicyclic amines) is 1. The summed E-state index contributed by atoms with van der Waals surface area (Å²) < 4.78 is 0. The van der Waals surface area contributed by atoms with Gasteiger partial charge in [-0.15, -0.1) is 0 Å². The molecule has 0 radical (unpaired) electrons. The first-order valence-electron chi connectivity index (χ1n) is 9.71. The van der Waals surface area contributed by atoms with E-state index in [0.717, 1.165) is 5.56 Å². The predicted molar refractivity (Wildman–Crippen MR) is 110 cm³/mol. The van der Waals surface area contributed by atoms with Gasteiger partial charge in [-0.1, -0.05) is 97.9 Å². The van der Waals surface area contributed by atoms with Gasteiger partial charge in [0.25, 0.3) is 0 Å². The summed E-state index contributed by atoms with van der Waals surface area (Å²) >= 11 is 0. The Morgan fingerprint density at radius 3 is 1.81 bits per heavy atom. The lowest BCUT2D eigenvalue weighted by Crippen LogP contribution is -2.50. The molecular formula is C25H27NO. The Hall–Kier alpha value is -2.42. The summed E-state index contributed by atoms with van der Waals surface area (Å²) in [6.07, 6.45) is 0.683. The van der Waals surface area contributed by atoms with Gasteiger partial charge in [0.05, 0.1) is 5.60 Å². The van der Waals surface area contributed by atoms with Crippen LogP contribution in [-0.2, 0) is 5.60 Å². The zero-order chi connectivity index (χ0) is 18.9. The summed E-state index contributed by atoms with van der Waals surface area (Å²) in [5.41, 5.74) is 2.63. The van der Waals surface area contributed by atoms with E-state index in [2.05, 4.69) is 85.6 Å². The zero-order valence-electron chi connectivity index (χ0n) is 16.0. The lowest BCUT2D eigenvalue weighted by atomic mass is 9.68. The molecule has 1 aliphatic rings. The largest absolute Gasteiger partial charge is 0.385 e. The quantitative estimate of drug-likeness (QED) is 0.685. The van der Waals surface area contributed by atoms with Crippen LogP contribution in [0.4, 0.5) is 0 Å². The third-order valence-corrected chi connectivity index (χ3v) is 6.26. The zero-order valence-corrected chi connectivity index (χ0v) is 16.0. The van der Waals surface area contributed by atoms with Gasteiger partial charge in [-0.05, 0) is 23.7 Å². The van der Waals surface area contributed by atoms with Crippen LogP contribution in [0.15, 0.2) is 91.0 Å². The van der Waals surface area contributed by atoms with Gasteiger partial charge in [-0.3, -0.25) is 4.90 Å². The molecule has 0 aromatic heterocycles. The lowest BCUT2D eigenvalue weighted by Gasteiger charge is -2.52. The maximum absolute atomic E-state index is 12.0. The lowest BCUT2D eigenvalue weighted by molar-refractivity contribution is -0.120. The molecule has 1 N–H and O–H groups in total. The molecule has 0 bridgehead atoms. The van der Waals surface area contributed by atoms with Gasteiger partial charge in [0, 0.05) is 24.4 Å². The highest BCUT2D eigenvalue weighted by molar-refractivity contribution is 5.32. The number of hydrogen-bond donors (Lipinski definition) is 1. The highest BCUT2D eigenvalue weighted by atomic mass is 16.3. The molecule has 0 aliphatic carbocycles. The summed E-state index contributed by atoms with van der Waals surface area (Å²) in [6.45, 7) is 2.18. The monoisotopic (exact) mass is 357 g/mol. The topological polar surface area (TPSA) is 23.5 Å². The molecule has 2 heteroatoms. The van der Waals surface area contributed by atoms with Crippen molar-refractivity contribution >= 4 is 0 Å². The summed E-state index contributed by atoms with van der Waals surface area (Å²) in [6, 6.07) is 31.6. The van der Waals surface area contributed by atoms with E-state index < -0.39 is 5.60 Å². The van der Waals surface area contributed by atoms with Crippen LogP contribution < -0.4 is 0 Å². The second-order valence-electron chi connectivity index (χ2n) is 7.73. The molecule has 0 unspecified atom stereocenters. The number of nitrogens with zero attached hydrogens (tertiary/aromatic N) is 1. The Kier molecular flexibility index (Phi) is 4.86. The molecule has 4 rings (SSSR count). The fourth-order valence-corrected chi connectivity index (χ4v) is 4.74. The Labute approximate surface area is 162 Å². The van der Waals surface area contributed by atoms with E-state index in [-0.39, 0.29) is 18.0 Å². The van der Waals surface area contributed by atoms with Gasteiger partial charge in [0.2, 0.25) is 0 Å². The SMILES string of the molecule is C[C@@H]1[C@H](c2ccccc2)N(C)[C@@H](c2ccccc2)C[C@]1(O)c1ccccc1. The fourth-order valence-electron chi connectivity index (χ4n) is 4.74. The Bertz CT molecular complexity index is 865. The molecule has 1 fully saturated rings. The van der Waals surface area contributed by atoms with Gasteiger partial charge in [-0.2, -0.15) is 0 Å². The van der Waals surface area contributed by atoms with Crippen LogP contribution in [-0.4, -0.2) is 17.1 Å². The van der Waals surface area contributed by atoms with Gasteiger partial charge >= 0.3 is 0 Å². The van der Waals surface area contributed by atoms with Crippen molar-refractivity contribution < 1.29 is 5.11 Å². The molecule has 0 spiro atoms. The van der Waals surface area contributed by atoms with Gasteiger partial charge in [-0.25, -0.2) is 0 Å². The van der Waals surface area contributed by atoms with Gasteiger partial charge in [0.1, 0.15) is 0 Å². The molecule has 0 amide bonds. The predicted octanol–water partition coefficient (Wildman–Crippen LogP) is 5.33. The fraction of sp³-hybridized carbons (Fsp3) is 0.280. The Balaban J connectivity index is 1.84. The van der Waals surface area contributed by atoms with Crippen LogP contribution in [0.5, 0.6) is 0 Å². The minimum atomic E-state index is -0.880. The number of aliphatic hydroxyl groups is 1. The highest BCUT2D eigenvalue weighted by Gasteiger charge is 2.49. The average Bonchev–Trinajstić information content (AvgIpc) is 2.73. The van der Waals surface area contributed by atoms with Crippen molar-refractivity contribution in [3.8, 4) is 0 Å². The van der Waals surface area contributed by atoms with E-state index >= 15 is 0 Å². The summed E-state index contributed by atoms with van der Waals surface area (Å²) in [7, 11) is 2.19. The van der Waals surface area contributed by atoms with Crippen molar-refractivity contribution in [3.63, 3.8) is 0 Å². The molecule has 138 valence electrons. The van der Waals surface area contributed by atoms with E-state index in [1.807, 2.05) is 24.3 Å². The number of hydrogen-bond acceptors (Lipinski definition) is 2. The van der Waals surface area contributed by atoms with Gasteiger partial charge < -0.3 is 5.11 Å². The van der Waals surface area contributed by atoms with Crippen molar-refractivity contribution in [2.75, 3.05) is 7.05 Å². The Morgan fingerprint density at radius 2 is 1.26 bits per heavy atom. The molecular weight excluding hydrogens is 330 g/mol.